The first-order valence-electron chi connectivity index (χ1n) is 6.38. The number of carbonyl (C=O) groups is 1. The molecule has 112 valence electrons. The van der Waals surface area contributed by atoms with Crippen molar-refractivity contribution < 1.29 is 18.3 Å². The Balaban J connectivity index is 2.18. The number of nitrogens with zero attached hydrogens (tertiary/aromatic N) is 1. The molecule has 0 heterocycles. The number of nitriles is 1. The van der Waals surface area contributed by atoms with Gasteiger partial charge in [-0.2, -0.15) is 5.26 Å². The molecule has 4 nitrogen and oxygen atoms in total. The van der Waals surface area contributed by atoms with Gasteiger partial charge >= 0.3 is 0 Å². The molecular weight excluding hydrogens is 290 g/mol. The number of halogens is 2. The largest absolute Gasteiger partial charge is 0.489 e. The zero-order valence-corrected chi connectivity index (χ0v) is 11.7. The molecule has 0 saturated carbocycles. The average Bonchev–Trinajstić information content (AvgIpc) is 2.49. The van der Waals surface area contributed by atoms with Crippen LogP contribution in [0.5, 0.6) is 5.75 Å². The fraction of sp³-hybridized carbons (Fsp3) is 0.125. The lowest BCUT2D eigenvalue weighted by molar-refractivity contribution is 0.0968. The minimum atomic E-state index is -0.820. The number of ether oxygens (including phenoxy) is 1. The first kappa shape index (κ1) is 15.4. The van der Waals surface area contributed by atoms with E-state index in [-0.39, 0.29) is 29.3 Å². The van der Waals surface area contributed by atoms with E-state index in [0.717, 1.165) is 0 Å². The van der Waals surface area contributed by atoms with Gasteiger partial charge < -0.3 is 4.74 Å². The second kappa shape index (κ2) is 6.68. The molecule has 0 aromatic heterocycles. The predicted molar refractivity (Wildman–Crippen MR) is 74.9 cm³/mol. The van der Waals surface area contributed by atoms with Crippen LogP contribution in [0.25, 0.3) is 0 Å². The predicted octanol–water partition coefficient (Wildman–Crippen LogP) is 3.06. The van der Waals surface area contributed by atoms with Gasteiger partial charge in [-0.25, -0.2) is 8.78 Å². The van der Waals surface area contributed by atoms with Gasteiger partial charge in [-0.3, -0.25) is 10.1 Å². The van der Waals surface area contributed by atoms with E-state index in [1.807, 2.05) is 5.32 Å². The van der Waals surface area contributed by atoms with E-state index in [2.05, 4.69) is 0 Å². The molecule has 2 aromatic rings. The maximum Gasteiger partial charge on any atom is 0.267 e. The quantitative estimate of drug-likeness (QED) is 0.697. The number of hydrogen-bond donors (Lipinski definition) is 1. The smallest absolute Gasteiger partial charge is 0.267 e. The maximum absolute atomic E-state index is 14.1. The summed E-state index contributed by atoms with van der Waals surface area (Å²) in [4.78, 5) is 11.5. The number of amides is 1. The van der Waals surface area contributed by atoms with E-state index in [9.17, 15) is 13.6 Å². The summed E-state index contributed by atoms with van der Waals surface area (Å²) in [5.41, 5.74) is 0.505. The standard InChI is InChI=1S/C16H12F2N2O2/c1-10-14(22-8-11-3-2-4-12(17)7-11)6-5-13(15(10)18)16(21)20-9-19/h2-7H,8H2,1H3,(H,20,21). The molecule has 0 atom stereocenters. The van der Waals surface area contributed by atoms with Gasteiger partial charge in [0.1, 0.15) is 24.0 Å². The summed E-state index contributed by atoms with van der Waals surface area (Å²) >= 11 is 0. The fourth-order valence-electron chi connectivity index (χ4n) is 1.91. The van der Waals surface area contributed by atoms with E-state index >= 15 is 0 Å². The zero-order chi connectivity index (χ0) is 16.1. The van der Waals surface area contributed by atoms with E-state index in [1.165, 1.54) is 37.4 Å². The third-order valence-electron chi connectivity index (χ3n) is 3.03. The lowest BCUT2D eigenvalue weighted by Gasteiger charge is -2.11. The molecule has 1 N–H and O–H groups in total. The molecule has 0 unspecified atom stereocenters. The van der Waals surface area contributed by atoms with Crippen molar-refractivity contribution in [3.05, 3.63) is 64.7 Å². The third kappa shape index (κ3) is 3.38. The average molecular weight is 302 g/mol. The summed E-state index contributed by atoms with van der Waals surface area (Å²) in [6, 6.07) is 8.54. The summed E-state index contributed by atoms with van der Waals surface area (Å²) in [5.74, 6) is -1.72. The van der Waals surface area contributed by atoms with Crippen molar-refractivity contribution in [1.82, 2.24) is 5.32 Å². The van der Waals surface area contributed by atoms with Crippen LogP contribution in [0.1, 0.15) is 21.5 Å². The maximum atomic E-state index is 14.1. The highest BCUT2D eigenvalue weighted by atomic mass is 19.1. The minimum absolute atomic E-state index is 0.0712. The van der Waals surface area contributed by atoms with Crippen LogP contribution in [-0.2, 0) is 6.61 Å². The van der Waals surface area contributed by atoms with Gasteiger partial charge in [-0.05, 0) is 36.8 Å². The second-order valence-electron chi connectivity index (χ2n) is 4.53. The number of nitrogens with one attached hydrogen (secondary N) is 1. The van der Waals surface area contributed by atoms with Crippen LogP contribution in [0.3, 0.4) is 0 Å². The SMILES string of the molecule is Cc1c(OCc2cccc(F)c2)ccc(C(=O)NC#N)c1F. The number of hydrogen-bond acceptors (Lipinski definition) is 3. The van der Waals surface area contributed by atoms with Gasteiger partial charge in [0.05, 0.1) is 5.56 Å². The van der Waals surface area contributed by atoms with Crippen LogP contribution in [0.2, 0.25) is 0 Å². The zero-order valence-electron chi connectivity index (χ0n) is 11.7. The first-order chi connectivity index (χ1) is 10.5. The molecule has 0 spiro atoms. The Kier molecular flexibility index (Phi) is 4.69. The van der Waals surface area contributed by atoms with Crippen molar-refractivity contribution >= 4 is 5.91 Å². The molecule has 0 saturated heterocycles. The summed E-state index contributed by atoms with van der Waals surface area (Å²) in [5, 5.41) is 10.2. The number of rotatable bonds is 4. The van der Waals surface area contributed by atoms with Crippen LogP contribution in [0.15, 0.2) is 36.4 Å². The lowest BCUT2D eigenvalue weighted by Crippen LogP contribution is -2.19. The minimum Gasteiger partial charge on any atom is -0.489 e. The van der Waals surface area contributed by atoms with Crippen LogP contribution < -0.4 is 10.1 Å². The highest BCUT2D eigenvalue weighted by Gasteiger charge is 2.16. The van der Waals surface area contributed by atoms with Crippen molar-refractivity contribution in [2.24, 2.45) is 0 Å². The summed E-state index contributed by atoms with van der Waals surface area (Å²) in [6.07, 6.45) is 1.45. The fourth-order valence-corrected chi connectivity index (χ4v) is 1.91. The summed E-state index contributed by atoms with van der Waals surface area (Å²) in [7, 11) is 0. The van der Waals surface area contributed by atoms with Gasteiger partial charge in [0, 0.05) is 5.56 Å². The van der Waals surface area contributed by atoms with Crippen LogP contribution in [-0.4, -0.2) is 5.91 Å². The Morgan fingerprint density at radius 2 is 2.09 bits per heavy atom. The molecule has 0 aliphatic heterocycles. The van der Waals surface area contributed by atoms with E-state index in [4.69, 9.17) is 10.00 Å². The molecule has 0 radical (unpaired) electrons. The lowest BCUT2D eigenvalue weighted by atomic mass is 10.1. The third-order valence-corrected chi connectivity index (χ3v) is 3.03. The van der Waals surface area contributed by atoms with Crippen LogP contribution in [0, 0.1) is 30.0 Å². The Labute approximate surface area is 125 Å². The van der Waals surface area contributed by atoms with Gasteiger partial charge in [0.15, 0.2) is 6.19 Å². The molecular formula is C16H12F2N2O2. The Hall–Kier alpha value is -2.94. The first-order valence-corrected chi connectivity index (χ1v) is 6.38. The van der Waals surface area contributed by atoms with Crippen LogP contribution >= 0.6 is 0 Å². The van der Waals surface area contributed by atoms with Crippen molar-refractivity contribution in [1.29, 1.82) is 5.26 Å². The van der Waals surface area contributed by atoms with Crippen molar-refractivity contribution in [2.45, 2.75) is 13.5 Å². The summed E-state index contributed by atoms with van der Waals surface area (Å²) < 4.78 is 32.6. The van der Waals surface area contributed by atoms with Gasteiger partial charge in [-0.1, -0.05) is 12.1 Å². The van der Waals surface area contributed by atoms with Crippen molar-refractivity contribution in [3.63, 3.8) is 0 Å². The van der Waals surface area contributed by atoms with E-state index < -0.39 is 11.7 Å². The highest BCUT2D eigenvalue weighted by molar-refractivity contribution is 5.95. The van der Waals surface area contributed by atoms with E-state index in [0.29, 0.717) is 5.56 Å². The van der Waals surface area contributed by atoms with Crippen LogP contribution in [0.4, 0.5) is 8.78 Å². The van der Waals surface area contributed by atoms with Crippen molar-refractivity contribution in [2.75, 3.05) is 0 Å². The van der Waals surface area contributed by atoms with Crippen molar-refractivity contribution in [3.8, 4) is 11.9 Å². The van der Waals surface area contributed by atoms with Gasteiger partial charge in [-0.15, -0.1) is 0 Å². The monoisotopic (exact) mass is 302 g/mol. The second-order valence-corrected chi connectivity index (χ2v) is 4.53. The highest BCUT2D eigenvalue weighted by Crippen LogP contribution is 2.24. The topological polar surface area (TPSA) is 62.1 Å². The Morgan fingerprint density at radius 1 is 1.32 bits per heavy atom. The normalized spacial score (nSPS) is 9.91. The van der Waals surface area contributed by atoms with Gasteiger partial charge in [0.2, 0.25) is 0 Å². The molecule has 2 rings (SSSR count). The molecule has 22 heavy (non-hydrogen) atoms. The molecule has 2 aromatic carbocycles. The summed E-state index contributed by atoms with van der Waals surface area (Å²) in [6.45, 7) is 1.53. The Morgan fingerprint density at radius 3 is 2.77 bits per heavy atom. The van der Waals surface area contributed by atoms with Gasteiger partial charge in [0.25, 0.3) is 5.91 Å². The molecule has 0 fully saturated rings. The Bertz CT molecular complexity index is 754. The number of carbonyl (C=O) groups excluding carboxylic acids is 1. The molecule has 1 amide bonds. The molecule has 6 heteroatoms. The number of benzene rings is 2. The molecule has 0 aliphatic rings. The molecule has 0 bridgehead atoms. The molecule has 0 aliphatic carbocycles. The van der Waals surface area contributed by atoms with E-state index in [1.54, 1.807) is 12.1 Å².